The predicted molar refractivity (Wildman–Crippen MR) is 113 cm³/mol. The molecular weight excluding hydrogens is 388 g/mol. The van der Waals surface area contributed by atoms with E-state index in [9.17, 15) is 9.59 Å². The van der Waals surface area contributed by atoms with Crippen LogP contribution in [0.25, 0.3) is 11.3 Å². The molecule has 1 aromatic heterocycles. The van der Waals surface area contributed by atoms with Crippen LogP contribution in [0.15, 0.2) is 47.8 Å². The van der Waals surface area contributed by atoms with Gasteiger partial charge in [-0.15, -0.1) is 11.3 Å². The molecule has 0 bridgehead atoms. The number of aryl methyl sites for hydroxylation is 2. The van der Waals surface area contributed by atoms with Gasteiger partial charge in [-0.25, -0.2) is 4.98 Å². The number of hydrogen-bond donors (Lipinski definition) is 1. The lowest BCUT2D eigenvalue weighted by Crippen LogP contribution is -2.21. The highest BCUT2D eigenvalue weighted by molar-refractivity contribution is 7.14. The number of nitrogens with zero attached hydrogens (tertiary/aromatic N) is 1. The lowest BCUT2D eigenvalue weighted by molar-refractivity contribution is -0.146. The summed E-state index contributed by atoms with van der Waals surface area (Å²) in [6.45, 7) is 3.66. The molecule has 1 N–H and O–H groups in total. The summed E-state index contributed by atoms with van der Waals surface area (Å²) < 4.78 is 10.2. The van der Waals surface area contributed by atoms with E-state index in [1.54, 1.807) is 7.11 Å². The summed E-state index contributed by atoms with van der Waals surface area (Å²) in [6, 6.07) is 13.3. The van der Waals surface area contributed by atoms with Crippen LogP contribution in [0, 0.1) is 13.8 Å². The van der Waals surface area contributed by atoms with Crippen LogP contribution in [0.5, 0.6) is 5.75 Å². The normalized spacial score (nSPS) is 10.4. The summed E-state index contributed by atoms with van der Waals surface area (Å²) in [4.78, 5) is 28.4. The third kappa shape index (κ3) is 5.65. The minimum atomic E-state index is -0.443. The van der Waals surface area contributed by atoms with Crippen LogP contribution in [0.3, 0.4) is 0 Å². The molecule has 1 amide bonds. The summed E-state index contributed by atoms with van der Waals surface area (Å²) in [6.07, 6.45) is 0.132. The molecule has 0 aliphatic carbocycles. The van der Waals surface area contributed by atoms with Gasteiger partial charge in [-0.05, 0) is 54.8 Å². The fourth-order valence-corrected chi connectivity index (χ4v) is 3.39. The molecule has 2 aromatic carbocycles. The Morgan fingerprint density at radius 3 is 2.52 bits per heavy atom. The Morgan fingerprint density at radius 1 is 1.07 bits per heavy atom. The number of methoxy groups -OCH3 is 1. The lowest BCUT2D eigenvalue weighted by Gasteiger charge is -2.06. The maximum atomic E-state index is 12.1. The molecule has 0 unspecified atom stereocenters. The van der Waals surface area contributed by atoms with Crippen molar-refractivity contribution in [2.24, 2.45) is 0 Å². The van der Waals surface area contributed by atoms with Gasteiger partial charge in [-0.1, -0.05) is 18.2 Å². The highest BCUT2D eigenvalue weighted by atomic mass is 32.1. The molecule has 7 heteroatoms. The highest BCUT2D eigenvalue weighted by Crippen LogP contribution is 2.26. The standard InChI is InChI=1S/C22H22N2O4S/c1-14-4-5-16(10-15(14)2)11-21(26)28-12-20(25)24-22-23-19(13-29-22)17-6-8-18(27-3)9-7-17/h4-10,13H,11-12H2,1-3H3,(H,23,24,25). The Bertz CT molecular complexity index is 1010. The summed E-state index contributed by atoms with van der Waals surface area (Å²) in [5.74, 6) is -0.101. The van der Waals surface area contributed by atoms with Gasteiger partial charge in [0.1, 0.15) is 5.75 Å². The number of carbonyl (C=O) groups excluding carboxylic acids is 2. The van der Waals surface area contributed by atoms with Gasteiger partial charge in [0.25, 0.3) is 5.91 Å². The quantitative estimate of drug-likeness (QED) is 0.592. The number of amides is 1. The molecule has 0 radical (unpaired) electrons. The maximum Gasteiger partial charge on any atom is 0.310 e. The van der Waals surface area contributed by atoms with Gasteiger partial charge in [0.05, 0.1) is 19.2 Å². The molecule has 1 heterocycles. The smallest absolute Gasteiger partial charge is 0.310 e. The topological polar surface area (TPSA) is 77.5 Å². The van der Waals surface area contributed by atoms with E-state index in [0.29, 0.717) is 5.13 Å². The zero-order valence-corrected chi connectivity index (χ0v) is 17.3. The monoisotopic (exact) mass is 410 g/mol. The van der Waals surface area contributed by atoms with Crippen molar-refractivity contribution in [3.63, 3.8) is 0 Å². The number of esters is 1. The molecule has 0 saturated heterocycles. The first-order valence-electron chi connectivity index (χ1n) is 9.06. The third-order valence-corrected chi connectivity index (χ3v) is 5.18. The zero-order chi connectivity index (χ0) is 20.8. The van der Waals surface area contributed by atoms with Crippen LogP contribution in [-0.2, 0) is 20.7 Å². The molecule has 3 rings (SSSR count). The van der Waals surface area contributed by atoms with Crippen LogP contribution >= 0.6 is 11.3 Å². The van der Waals surface area contributed by atoms with Crippen LogP contribution in [0.4, 0.5) is 5.13 Å². The molecule has 0 saturated carbocycles. The Morgan fingerprint density at radius 2 is 1.83 bits per heavy atom. The minimum Gasteiger partial charge on any atom is -0.497 e. The maximum absolute atomic E-state index is 12.1. The number of thiazole rings is 1. The van der Waals surface area contributed by atoms with Crippen molar-refractivity contribution in [3.05, 3.63) is 64.5 Å². The first kappa shape index (κ1) is 20.5. The Hall–Kier alpha value is -3.19. The van der Waals surface area contributed by atoms with Crippen molar-refractivity contribution in [2.45, 2.75) is 20.3 Å². The van der Waals surface area contributed by atoms with Gasteiger partial charge in [0.15, 0.2) is 11.7 Å². The van der Waals surface area contributed by atoms with E-state index in [-0.39, 0.29) is 13.0 Å². The molecule has 29 heavy (non-hydrogen) atoms. The predicted octanol–water partition coefficient (Wildman–Crippen LogP) is 4.16. The van der Waals surface area contributed by atoms with Gasteiger partial charge < -0.3 is 9.47 Å². The molecular formula is C22H22N2O4S. The zero-order valence-electron chi connectivity index (χ0n) is 16.5. The summed E-state index contributed by atoms with van der Waals surface area (Å²) in [5, 5.41) is 4.96. The second-order valence-electron chi connectivity index (χ2n) is 6.57. The number of ether oxygens (including phenoxy) is 2. The minimum absolute atomic E-state index is 0.132. The van der Waals surface area contributed by atoms with Crippen LogP contribution in [0.2, 0.25) is 0 Å². The summed E-state index contributed by atoms with van der Waals surface area (Å²) in [5.41, 5.74) is 4.81. The fourth-order valence-electron chi connectivity index (χ4n) is 2.66. The first-order valence-corrected chi connectivity index (χ1v) is 9.94. The molecule has 0 aliphatic rings. The number of anilines is 1. The molecule has 0 fully saturated rings. The summed E-state index contributed by atoms with van der Waals surface area (Å²) >= 11 is 1.31. The van der Waals surface area contributed by atoms with E-state index >= 15 is 0 Å². The number of benzene rings is 2. The number of rotatable bonds is 7. The van der Waals surface area contributed by atoms with Gasteiger partial charge >= 0.3 is 5.97 Å². The Kier molecular flexibility index (Phi) is 6.61. The summed E-state index contributed by atoms with van der Waals surface area (Å²) in [7, 11) is 1.61. The van der Waals surface area contributed by atoms with Crippen molar-refractivity contribution in [2.75, 3.05) is 19.0 Å². The van der Waals surface area contributed by atoms with Crippen molar-refractivity contribution in [1.82, 2.24) is 4.98 Å². The van der Waals surface area contributed by atoms with Crippen LogP contribution in [-0.4, -0.2) is 30.6 Å². The first-order chi connectivity index (χ1) is 13.9. The number of hydrogen-bond acceptors (Lipinski definition) is 6. The fraction of sp³-hybridized carbons (Fsp3) is 0.227. The van der Waals surface area contributed by atoms with Crippen LogP contribution < -0.4 is 10.1 Å². The Labute approximate surface area is 173 Å². The van der Waals surface area contributed by atoms with Crippen LogP contribution in [0.1, 0.15) is 16.7 Å². The van der Waals surface area contributed by atoms with E-state index in [4.69, 9.17) is 9.47 Å². The van der Waals surface area contributed by atoms with Crippen molar-refractivity contribution in [3.8, 4) is 17.0 Å². The second-order valence-corrected chi connectivity index (χ2v) is 7.43. The highest BCUT2D eigenvalue weighted by Gasteiger charge is 2.12. The Balaban J connectivity index is 1.49. The van der Waals surface area contributed by atoms with Crippen molar-refractivity contribution >= 4 is 28.3 Å². The molecule has 150 valence electrons. The number of carbonyl (C=O) groups is 2. The molecule has 0 spiro atoms. The van der Waals surface area contributed by atoms with Gasteiger partial charge in [-0.2, -0.15) is 0 Å². The van der Waals surface area contributed by atoms with Gasteiger partial charge in [-0.3, -0.25) is 14.9 Å². The van der Waals surface area contributed by atoms with Gasteiger partial charge in [0.2, 0.25) is 0 Å². The molecule has 0 aliphatic heterocycles. The average Bonchev–Trinajstić information content (AvgIpc) is 3.17. The van der Waals surface area contributed by atoms with Gasteiger partial charge in [0, 0.05) is 10.9 Å². The third-order valence-electron chi connectivity index (χ3n) is 4.42. The number of aromatic nitrogens is 1. The van der Waals surface area contributed by atoms with Crippen molar-refractivity contribution in [1.29, 1.82) is 0 Å². The molecule has 6 nitrogen and oxygen atoms in total. The lowest BCUT2D eigenvalue weighted by atomic mass is 10.0. The molecule has 0 atom stereocenters. The SMILES string of the molecule is COc1ccc(-c2csc(NC(=O)COC(=O)Cc3ccc(C)c(C)c3)n2)cc1. The largest absolute Gasteiger partial charge is 0.497 e. The van der Waals surface area contributed by atoms with E-state index in [1.807, 2.05) is 61.7 Å². The van der Waals surface area contributed by atoms with E-state index in [2.05, 4.69) is 10.3 Å². The van der Waals surface area contributed by atoms with E-state index in [0.717, 1.165) is 28.1 Å². The van der Waals surface area contributed by atoms with E-state index in [1.165, 1.54) is 16.9 Å². The van der Waals surface area contributed by atoms with E-state index < -0.39 is 11.9 Å². The second kappa shape index (κ2) is 9.34. The van der Waals surface area contributed by atoms with Crippen molar-refractivity contribution < 1.29 is 19.1 Å². The average molecular weight is 410 g/mol. The molecule has 3 aromatic rings. The number of nitrogens with one attached hydrogen (secondary N) is 1.